The van der Waals surface area contributed by atoms with Gasteiger partial charge in [-0.2, -0.15) is 0 Å². The summed E-state index contributed by atoms with van der Waals surface area (Å²) in [7, 11) is 0. The number of benzene rings is 1. The Morgan fingerprint density at radius 1 is 1.32 bits per heavy atom. The van der Waals surface area contributed by atoms with Gasteiger partial charge < -0.3 is 10.5 Å². The topological polar surface area (TPSA) is 35.2 Å². The van der Waals surface area contributed by atoms with Crippen LogP contribution in [0.25, 0.3) is 0 Å². The lowest BCUT2D eigenvalue weighted by atomic mass is 10.1. The second kappa shape index (κ2) is 5.35. The molecule has 100 valence electrons. The zero-order valence-corrected chi connectivity index (χ0v) is 12.0. The molecular weight excluding hydrogens is 254 g/mol. The average Bonchev–Trinajstić information content (AvgIpc) is 3.11. The summed E-state index contributed by atoms with van der Waals surface area (Å²) in [4.78, 5) is 2.61. The summed E-state index contributed by atoms with van der Waals surface area (Å²) < 4.78 is 5.83. The monoisotopic (exact) mass is 273 g/mol. The van der Waals surface area contributed by atoms with E-state index in [9.17, 15) is 0 Å². The minimum Gasteiger partial charge on any atom is -0.490 e. The van der Waals surface area contributed by atoms with Crippen LogP contribution in [0, 0.1) is 0 Å². The Balaban J connectivity index is 1.79. The minimum absolute atomic E-state index is 0.0481. The van der Waals surface area contributed by atoms with Gasteiger partial charge in [-0.1, -0.05) is 19.1 Å². The predicted molar refractivity (Wildman–Crippen MR) is 79.8 cm³/mol. The van der Waals surface area contributed by atoms with E-state index in [1.807, 2.05) is 12.1 Å². The van der Waals surface area contributed by atoms with Crippen LogP contribution >= 0.6 is 11.3 Å². The molecule has 2 nitrogen and oxygen atoms in total. The number of ether oxygens (including phenoxy) is 1. The first kappa shape index (κ1) is 12.7. The number of hydrogen-bond donors (Lipinski definition) is 1. The van der Waals surface area contributed by atoms with E-state index in [2.05, 4.69) is 31.2 Å². The van der Waals surface area contributed by atoms with Crippen LogP contribution in [-0.2, 0) is 6.42 Å². The van der Waals surface area contributed by atoms with E-state index in [1.165, 1.54) is 22.6 Å². The van der Waals surface area contributed by atoms with Gasteiger partial charge in [0.15, 0.2) is 0 Å². The van der Waals surface area contributed by atoms with Gasteiger partial charge in [-0.05, 0) is 49.1 Å². The molecule has 0 saturated heterocycles. The van der Waals surface area contributed by atoms with Gasteiger partial charge in [-0.15, -0.1) is 11.3 Å². The zero-order valence-electron chi connectivity index (χ0n) is 11.1. The van der Waals surface area contributed by atoms with Crippen molar-refractivity contribution in [2.24, 2.45) is 5.73 Å². The molecule has 0 spiro atoms. The molecule has 0 amide bonds. The molecule has 2 N–H and O–H groups in total. The first-order chi connectivity index (χ1) is 9.26. The van der Waals surface area contributed by atoms with Gasteiger partial charge in [0.05, 0.1) is 12.1 Å². The third-order valence-corrected chi connectivity index (χ3v) is 4.69. The number of nitrogens with two attached hydrogens (primary N) is 1. The molecule has 0 aliphatic heterocycles. The van der Waals surface area contributed by atoms with Crippen LogP contribution in [-0.4, -0.2) is 6.10 Å². The maximum atomic E-state index is 6.35. The Bertz CT molecular complexity index is 559. The summed E-state index contributed by atoms with van der Waals surface area (Å²) in [5.74, 6) is 0.947. The highest BCUT2D eigenvalue weighted by Gasteiger charge is 2.23. The lowest BCUT2D eigenvalue weighted by molar-refractivity contribution is 0.303. The first-order valence-electron chi connectivity index (χ1n) is 6.87. The number of rotatable bonds is 5. The van der Waals surface area contributed by atoms with Crippen molar-refractivity contribution in [1.82, 2.24) is 0 Å². The maximum Gasteiger partial charge on any atom is 0.120 e. The van der Waals surface area contributed by atoms with Crippen LogP contribution < -0.4 is 10.5 Å². The molecule has 2 aromatic rings. The second-order valence-electron chi connectivity index (χ2n) is 5.03. The molecule has 3 rings (SSSR count). The molecule has 0 radical (unpaired) electrons. The second-order valence-corrected chi connectivity index (χ2v) is 6.22. The third-order valence-electron chi connectivity index (χ3n) is 3.38. The van der Waals surface area contributed by atoms with Crippen LogP contribution in [0.1, 0.15) is 41.1 Å². The first-order valence-corrected chi connectivity index (χ1v) is 7.68. The standard InChI is InChI=1S/C16H19NOS/c1-2-14-8-9-15(19-14)16(17)11-4-3-5-13(10-11)18-12-6-7-12/h3-5,8-10,12,16H,2,6-7,17H2,1H3. The van der Waals surface area contributed by atoms with Crippen molar-refractivity contribution >= 4 is 11.3 Å². The van der Waals surface area contributed by atoms with Gasteiger partial charge in [-0.25, -0.2) is 0 Å². The molecule has 0 bridgehead atoms. The highest BCUT2D eigenvalue weighted by Crippen LogP contribution is 2.31. The molecule has 1 heterocycles. The average molecular weight is 273 g/mol. The van der Waals surface area contributed by atoms with Crippen molar-refractivity contribution in [3.05, 3.63) is 51.7 Å². The number of aryl methyl sites for hydroxylation is 1. The Morgan fingerprint density at radius 3 is 2.84 bits per heavy atom. The van der Waals surface area contributed by atoms with Crippen LogP contribution in [0.5, 0.6) is 5.75 Å². The van der Waals surface area contributed by atoms with Crippen molar-refractivity contribution in [3.63, 3.8) is 0 Å². The number of thiophene rings is 1. The third kappa shape index (κ3) is 2.99. The lowest BCUT2D eigenvalue weighted by Gasteiger charge is -2.12. The fourth-order valence-corrected chi connectivity index (χ4v) is 3.06. The molecule has 1 aliphatic rings. The molecule has 1 aromatic heterocycles. The van der Waals surface area contributed by atoms with E-state index in [4.69, 9.17) is 10.5 Å². The Labute approximate surface area is 118 Å². The summed E-state index contributed by atoms with van der Waals surface area (Å²) >= 11 is 1.80. The molecule has 1 aromatic carbocycles. The molecule has 3 heteroatoms. The molecule has 1 atom stereocenters. The van der Waals surface area contributed by atoms with Gasteiger partial charge >= 0.3 is 0 Å². The summed E-state index contributed by atoms with van der Waals surface area (Å²) in [6.45, 7) is 2.17. The van der Waals surface area contributed by atoms with E-state index in [1.54, 1.807) is 11.3 Å². The van der Waals surface area contributed by atoms with Crippen molar-refractivity contribution in [2.75, 3.05) is 0 Å². The summed E-state index contributed by atoms with van der Waals surface area (Å²) in [5.41, 5.74) is 7.48. The van der Waals surface area contributed by atoms with Gasteiger partial charge in [0, 0.05) is 9.75 Å². The van der Waals surface area contributed by atoms with E-state index in [0.717, 1.165) is 17.7 Å². The van der Waals surface area contributed by atoms with E-state index < -0.39 is 0 Å². The van der Waals surface area contributed by atoms with Crippen LogP contribution in [0.2, 0.25) is 0 Å². The van der Waals surface area contributed by atoms with E-state index >= 15 is 0 Å². The SMILES string of the molecule is CCc1ccc(C(N)c2cccc(OC3CC3)c2)s1. The smallest absolute Gasteiger partial charge is 0.120 e. The van der Waals surface area contributed by atoms with E-state index in [0.29, 0.717) is 6.10 Å². The fraction of sp³-hybridized carbons (Fsp3) is 0.375. The van der Waals surface area contributed by atoms with E-state index in [-0.39, 0.29) is 6.04 Å². The van der Waals surface area contributed by atoms with Crippen molar-refractivity contribution < 1.29 is 4.74 Å². The molecular formula is C16H19NOS. The fourth-order valence-electron chi connectivity index (χ4n) is 2.08. The van der Waals surface area contributed by atoms with Gasteiger partial charge in [0.1, 0.15) is 5.75 Å². The van der Waals surface area contributed by atoms with Crippen LogP contribution in [0.15, 0.2) is 36.4 Å². The highest BCUT2D eigenvalue weighted by atomic mass is 32.1. The zero-order chi connectivity index (χ0) is 13.2. The predicted octanol–water partition coefficient (Wildman–Crippen LogP) is 3.90. The Morgan fingerprint density at radius 2 is 2.16 bits per heavy atom. The normalized spacial score (nSPS) is 16.3. The van der Waals surface area contributed by atoms with Gasteiger partial charge in [0.2, 0.25) is 0 Å². The molecule has 1 fully saturated rings. The highest BCUT2D eigenvalue weighted by molar-refractivity contribution is 7.12. The van der Waals surface area contributed by atoms with Crippen molar-refractivity contribution in [2.45, 2.75) is 38.3 Å². The van der Waals surface area contributed by atoms with Crippen molar-refractivity contribution in [1.29, 1.82) is 0 Å². The summed E-state index contributed by atoms with van der Waals surface area (Å²) in [6.07, 6.45) is 3.87. The molecule has 1 unspecified atom stereocenters. The molecule has 19 heavy (non-hydrogen) atoms. The maximum absolute atomic E-state index is 6.35. The van der Waals surface area contributed by atoms with Crippen molar-refractivity contribution in [3.8, 4) is 5.75 Å². The Kier molecular flexibility index (Phi) is 3.58. The Hall–Kier alpha value is -1.32. The largest absolute Gasteiger partial charge is 0.490 e. The minimum atomic E-state index is -0.0481. The number of hydrogen-bond acceptors (Lipinski definition) is 3. The van der Waals surface area contributed by atoms with Crippen LogP contribution in [0.3, 0.4) is 0 Å². The van der Waals surface area contributed by atoms with Gasteiger partial charge in [0.25, 0.3) is 0 Å². The summed E-state index contributed by atoms with van der Waals surface area (Å²) in [5, 5.41) is 0. The lowest BCUT2D eigenvalue weighted by Crippen LogP contribution is -2.10. The summed E-state index contributed by atoms with van der Waals surface area (Å²) in [6, 6.07) is 12.5. The van der Waals surface area contributed by atoms with Gasteiger partial charge in [-0.3, -0.25) is 0 Å². The quantitative estimate of drug-likeness (QED) is 0.896. The van der Waals surface area contributed by atoms with Crippen LogP contribution in [0.4, 0.5) is 0 Å². The molecule has 1 aliphatic carbocycles. The molecule has 1 saturated carbocycles.